The summed E-state index contributed by atoms with van der Waals surface area (Å²) in [6.45, 7) is 1.12. The smallest absolute Gasteiger partial charge is 0.220 e. The molecule has 80 valence electrons. The molecule has 0 bridgehead atoms. The molecule has 1 unspecified atom stereocenters. The fraction of sp³-hybridized carbons (Fsp3) is 0.364. The summed E-state index contributed by atoms with van der Waals surface area (Å²) < 4.78 is 10.8. The van der Waals surface area contributed by atoms with E-state index in [1.807, 2.05) is 24.3 Å². The van der Waals surface area contributed by atoms with Crippen LogP contribution in [0.25, 0.3) is 0 Å². The Morgan fingerprint density at radius 2 is 2.33 bits per heavy atom. The van der Waals surface area contributed by atoms with Crippen LogP contribution in [0.4, 0.5) is 0 Å². The van der Waals surface area contributed by atoms with E-state index in [1.165, 1.54) is 0 Å². The van der Waals surface area contributed by atoms with E-state index in [9.17, 15) is 0 Å². The molecule has 0 fully saturated rings. The third-order valence-corrected chi connectivity index (χ3v) is 2.32. The van der Waals surface area contributed by atoms with Gasteiger partial charge in [-0.25, -0.2) is 4.99 Å². The van der Waals surface area contributed by atoms with Gasteiger partial charge in [0, 0.05) is 6.54 Å². The van der Waals surface area contributed by atoms with Crippen molar-refractivity contribution in [3.8, 4) is 5.75 Å². The molecule has 1 aromatic rings. The first-order valence-electron chi connectivity index (χ1n) is 4.89. The lowest BCUT2D eigenvalue weighted by molar-refractivity contribution is 0.232. The van der Waals surface area contributed by atoms with Crippen LogP contribution in [0.5, 0.6) is 5.75 Å². The summed E-state index contributed by atoms with van der Waals surface area (Å²) in [7, 11) is 1.63. The minimum atomic E-state index is 0.00455. The lowest BCUT2D eigenvalue weighted by Crippen LogP contribution is -2.23. The molecule has 0 spiro atoms. The van der Waals surface area contributed by atoms with Crippen molar-refractivity contribution in [2.45, 2.75) is 6.10 Å². The molecule has 15 heavy (non-hydrogen) atoms. The van der Waals surface area contributed by atoms with Gasteiger partial charge in [-0.05, 0) is 12.1 Å². The van der Waals surface area contributed by atoms with Gasteiger partial charge in [0.2, 0.25) is 5.90 Å². The Morgan fingerprint density at radius 1 is 1.53 bits per heavy atom. The number of ether oxygens (including phenoxy) is 2. The van der Waals surface area contributed by atoms with E-state index < -0.39 is 0 Å². The van der Waals surface area contributed by atoms with E-state index >= 15 is 0 Å². The molecule has 0 radical (unpaired) electrons. The Bertz CT molecular complexity index is 377. The lowest BCUT2D eigenvalue weighted by atomic mass is 10.2. The molecule has 0 amide bonds. The molecule has 1 aliphatic rings. The highest BCUT2D eigenvalue weighted by Gasteiger charge is 2.21. The van der Waals surface area contributed by atoms with Gasteiger partial charge in [0.05, 0.1) is 19.2 Å². The number of nitrogens with zero attached hydrogens (tertiary/aromatic N) is 1. The van der Waals surface area contributed by atoms with Crippen LogP contribution in [0.1, 0.15) is 5.56 Å². The number of hydrogen-bond acceptors (Lipinski definition) is 4. The molecule has 1 atom stereocenters. The normalized spacial score (nSPS) is 19.6. The van der Waals surface area contributed by atoms with Gasteiger partial charge >= 0.3 is 0 Å². The van der Waals surface area contributed by atoms with E-state index in [4.69, 9.17) is 15.2 Å². The quantitative estimate of drug-likeness (QED) is 0.795. The van der Waals surface area contributed by atoms with Crippen molar-refractivity contribution in [1.82, 2.24) is 0 Å². The molecule has 1 heterocycles. The van der Waals surface area contributed by atoms with Gasteiger partial charge in [-0.3, -0.25) is 0 Å². The fourth-order valence-electron chi connectivity index (χ4n) is 1.51. The first-order valence-corrected chi connectivity index (χ1v) is 4.89. The molecule has 0 aliphatic carbocycles. The van der Waals surface area contributed by atoms with Gasteiger partial charge in [0.1, 0.15) is 11.9 Å². The van der Waals surface area contributed by atoms with Crippen molar-refractivity contribution in [3.63, 3.8) is 0 Å². The van der Waals surface area contributed by atoms with Crippen LogP contribution < -0.4 is 10.5 Å². The molecule has 2 N–H and O–H groups in total. The molecule has 4 heteroatoms. The lowest BCUT2D eigenvalue weighted by Gasteiger charge is -2.10. The average molecular weight is 206 g/mol. The van der Waals surface area contributed by atoms with E-state index in [2.05, 4.69) is 4.99 Å². The van der Waals surface area contributed by atoms with Gasteiger partial charge < -0.3 is 15.2 Å². The van der Waals surface area contributed by atoms with Crippen molar-refractivity contribution >= 4 is 5.90 Å². The zero-order chi connectivity index (χ0) is 10.7. The predicted molar refractivity (Wildman–Crippen MR) is 58.3 cm³/mol. The summed E-state index contributed by atoms with van der Waals surface area (Å²) in [6.07, 6.45) is 0.00455. The second kappa shape index (κ2) is 4.31. The highest BCUT2D eigenvalue weighted by Crippen LogP contribution is 2.21. The topological polar surface area (TPSA) is 56.8 Å². The maximum Gasteiger partial charge on any atom is 0.220 e. The molecular formula is C11H14N2O2. The first kappa shape index (κ1) is 9.98. The highest BCUT2D eigenvalue weighted by molar-refractivity contribution is 5.97. The summed E-state index contributed by atoms with van der Waals surface area (Å²) >= 11 is 0. The van der Waals surface area contributed by atoms with Gasteiger partial charge in [-0.1, -0.05) is 12.1 Å². The van der Waals surface area contributed by atoms with E-state index in [-0.39, 0.29) is 6.10 Å². The van der Waals surface area contributed by atoms with E-state index in [0.29, 0.717) is 19.0 Å². The molecule has 4 nitrogen and oxygen atoms in total. The monoisotopic (exact) mass is 206 g/mol. The summed E-state index contributed by atoms with van der Waals surface area (Å²) in [6, 6.07) is 7.66. The summed E-state index contributed by atoms with van der Waals surface area (Å²) in [5.74, 6) is 1.40. The Labute approximate surface area is 88.7 Å². The molecule has 1 aromatic carbocycles. The van der Waals surface area contributed by atoms with Crippen LogP contribution >= 0.6 is 0 Å². The number of hydrogen-bond donors (Lipinski definition) is 1. The van der Waals surface area contributed by atoms with Gasteiger partial charge in [-0.15, -0.1) is 0 Å². The number of para-hydroxylation sites is 1. The number of aliphatic imine (C=N–C) groups is 1. The second-order valence-electron chi connectivity index (χ2n) is 3.32. The van der Waals surface area contributed by atoms with Gasteiger partial charge in [-0.2, -0.15) is 0 Å². The highest BCUT2D eigenvalue weighted by atomic mass is 16.5. The van der Waals surface area contributed by atoms with Crippen LogP contribution in [0.2, 0.25) is 0 Å². The van der Waals surface area contributed by atoms with Crippen molar-refractivity contribution in [3.05, 3.63) is 29.8 Å². The molecule has 2 rings (SSSR count). The first-order chi connectivity index (χ1) is 7.35. The molecule has 1 aliphatic heterocycles. The SMILES string of the molecule is COc1ccccc1C1=NCC(CN)O1. The predicted octanol–water partition coefficient (Wildman–Crippen LogP) is 0.799. The van der Waals surface area contributed by atoms with Crippen molar-refractivity contribution in [2.24, 2.45) is 10.7 Å². The third kappa shape index (κ3) is 1.94. The Morgan fingerprint density at radius 3 is 3.00 bits per heavy atom. The van der Waals surface area contributed by atoms with Crippen LogP contribution in [-0.2, 0) is 4.74 Å². The second-order valence-corrected chi connectivity index (χ2v) is 3.32. The standard InChI is InChI=1S/C11H14N2O2/c1-14-10-5-3-2-4-9(10)11-13-7-8(6-12)15-11/h2-5,8H,6-7,12H2,1H3. The van der Waals surface area contributed by atoms with E-state index in [1.54, 1.807) is 7.11 Å². The zero-order valence-electron chi connectivity index (χ0n) is 8.64. The summed E-state index contributed by atoms with van der Waals surface area (Å²) in [4.78, 5) is 4.30. The number of benzene rings is 1. The van der Waals surface area contributed by atoms with Crippen molar-refractivity contribution in [1.29, 1.82) is 0 Å². The van der Waals surface area contributed by atoms with Crippen LogP contribution in [0, 0.1) is 0 Å². The Hall–Kier alpha value is -1.55. The van der Waals surface area contributed by atoms with Crippen LogP contribution in [0.15, 0.2) is 29.3 Å². The zero-order valence-corrected chi connectivity index (χ0v) is 8.64. The summed E-state index contributed by atoms with van der Waals surface area (Å²) in [5, 5.41) is 0. The molecule has 0 saturated carbocycles. The minimum absolute atomic E-state index is 0.00455. The van der Waals surface area contributed by atoms with Crippen molar-refractivity contribution in [2.75, 3.05) is 20.2 Å². The average Bonchev–Trinajstić information content (AvgIpc) is 2.77. The van der Waals surface area contributed by atoms with Crippen LogP contribution in [0.3, 0.4) is 0 Å². The Kier molecular flexibility index (Phi) is 2.87. The number of methoxy groups -OCH3 is 1. The number of nitrogens with two attached hydrogens (primary N) is 1. The maximum absolute atomic E-state index is 5.58. The minimum Gasteiger partial charge on any atom is -0.496 e. The van der Waals surface area contributed by atoms with Gasteiger partial charge in [0.15, 0.2) is 0 Å². The summed E-state index contributed by atoms with van der Waals surface area (Å²) in [5.41, 5.74) is 6.40. The third-order valence-electron chi connectivity index (χ3n) is 2.32. The molecule has 0 saturated heterocycles. The largest absolute Gasteiger partial charge is 0.496 e. The molecule has 0 aromatic heterocycles. The maximum atomic E-state index is 5.58. The number of rotatable bonds is 3. The molecular weight excluding hydrogens is 192 g/mol. The van der Waals surface area contributed by atoms with Crippen LogP contribution in [-0.4, -0.2) is 32.2 Å². The van der Waals surface area contributed by atoms with Crippen molar-refractivity contribution < 1.29 is 9.47 Å². The fourth-order valence-corrected chi connectivity index (χ4v) is 1.51. The van der Waals surface area contributed by atoms with E-state index in [0.717, 1.165) is 11.3 Å². The van der Waals surface area contributed by atoms with Gasteiger partial charge in [0.25, 0.3) is 0 Å². The Balaban J connectivity index is 2.23.